The van der Waals surface area contributed by atoms with Crippen molar-refractivity contribution < 1.29 is 0 Å². The summed E-state index contributed by atoms with van der Waals surface area (Å²) in [5, 5.41) is 0. The SMILES string of the molecule is C(=CC[Te]C1CCCCC1)C[Te]C1CCCCC1. The van der Waals surface area contributed by atoms with E-state index in [4.69, 9.17) is 0 Å². The fourth-order valence-corrected chi connectivity index (χ4v) is 9.75. The van der Waals surface area contributed by atoms with Crippen LogP contribution in [0, 0.1) is 0 Å². The Hall–Kier alpha value is 1.32. The fourth-order valence-electron chi connectivity index (χ4n) is 2.98. The minimum atomic E-state index is 0.321. The molecular weight excluding hydrogens is 447 g/mol. The molecule has 2 aliphatic carbocycles. The van der Waals surface area contributed by atoms with Gasteiger partial charge >= 0.3 is 135 Å². The van der Waals surface area contributed by atoms with Gasteiger partial charge in [0.05, 0.1) is 0 Å². The van der Waals surface area contributed by atoms with E-state index in [2.05, 4.69) is 12.2 Å². The van der Waals surface area contributed by atoms with E-state index in [0.29, 0.717) is 41.8 Å². The van der Waals surface area contributed by atoms with Gasteiger partial charge in [0.1, 0.15) is 0 Å². The standard InChI is InChI=1S/C16H28Te2/c1-3-9-15(10-4-1)17-13-7-8-14-18-16-11-5-2-6-12-16/h7-8,15-16H,1-6,9-14H2. The van der Waals surface area contributed by atoms with Gasteiger partial charge in [-0.15, -0.1) is 0 Å². The van der Waals surface area contributed by atoms with Crippen molar-refractivity contribution in [2.24, 2.45) is 0 Å². The Bertz CT molecular complexity index is 201. The molecule has 0 aromatic rings. The third kappa shape index (κ3) is 6.66. The summed E-state index contributed by atoms with van der Waals surface area (Å²) in [6.45, 7) is 0. The van der Waals surface area contributed by atoms with Crippen LogP contribution in [0.15, 0.2) is 12.2 Å². The summed E-state index contributed by atoms with van der Waals surface area (Å²) in [5.74, 6) is 0. The van der Waals surface area contributed by atoms with Crippen LogP contribution in [0.3, 0.4) is 0 Å². The summed E-state index contributed by atoms with van der Waals surface area (Å²) in [7, 11) is 0. The Labute approximate surface area is 134 Å². The molecule has 0 spiro atoms. The number of allylic oxidation sites excluding steroid dienone is 2. The molecule has 0 aromatic heterocycles. The van der Waals surface area contributed by atoms with Crippen LogP contribution in [0.5, 0.6) is 0 Å². The average molecular weight is 476 g/mol. The van der Waals surface area contributed by atoms with Crippen LogP contribution < -0.4 is 0 Å². The monoisotopic (exact) mass is 480 g/mol. The first-order valence-corrected chi connectivity index (χ1v) is 13.8. The molecule has 0 heterocycles. The van der Waals surface area contributed by atoms with Crippen LogP contribution in [0.1, 0.15) is 64.2 Å². The number of hydrogen-bond acceptors (Lipinski definition) is 0. The number of rotatable bonds is 6. The van der Waals surface area contributed by atoms with E-state index in [0.717, 1.165) is 0 Å². The van der Waals surface area contributed by atoms with Crippen molar-refractivity contribution >= 4 is 41.8 Å². The first-order chi connectivity index (χ1) is 8.95. The van der Waals surface area contributed by atoms with Gasteiger partial charge in [-0.25, -0.2) is 0 Å². The zero-order valence-corrected chi connectivity index (χ0v) is 16.3. The quantitative estimate of drug-likeness (QED) is 0.362. The minimum absolute atomic E-state index is 0.321. The van der Waals surface area contributed by atoms with E-state index in [1.54, 1.807) is 25.7 Å². The second kappa shape index (κ2) is 10.1. The molecule has 104 valence electrons. The van der Waals surface area contributed by atoms with Crippen molar-refractivity contribution in [2.45, 2.75) is 81.1 Å². The summed E-state index contributed by atoms with van der Waals surface area (Å²) in [6.07, 6.45) is 20.6. The van der Waals surface area contributed by atoms with Crippen molar-refractivity contribution in [3.63, 3.8) is 0 Å². The van der Waals surface area contributed by atoms with Gasteiger partial charge < -0.3 is 0 Å². The molecule has 2 fully saturated rings. The van der Waals surface area contributed by atoms with E-state index in [1.807, 2.05) is 0 Å². The van der Waals surface area contributed by atoms with Crippen LogP contribution >= 0.6 is 0 Å². The van der Waals surface area contributed by atoms with E-state index in [9.17, 15) is 0 Å². The first-order valence-electron chi connectivity index (χ1n) is 7.83. The van der Waals surface area contributed by atoms with Crippen LogP contribution in [-0.2, 0) is 0 Å². The molecule has 0 N–H and O–H groups in total. The molecule has 0 amide bonds. The Morgan fingerprint density at radius 2 is 1.00 bits per heavy atom. The molecule has 0 saturated heterocycles. The van der Waals surface area contributed by atoms with Crippen molar-refractivity contribution in [1.82, 2.24) is 0 Å². The van der Waals surface area contributed by atoms with Gasteiger partial charge in [0.25, 0.3) is 0 Å². The average Bonchev–Trinajstić information content (AvgIpc) is 2.45. The Morgan fingerprint density at radius 3 is 1.39 bits per heavy atom. The van der Waals surface area contributed by atoms with Crippen LogP contribution in [-0.4, -0.2) is 41.8 Å². The van der Waals surface area contributed by atoms with Crippen molar-refractivity contribution in [3.8, 4) is 0 Å². The molecule has 0 aromatic carbocycles. The fraction of sp³-hybridized carbons (Fsp3) is 0.875. The van der Waals surface area contributed by atoms with E-state index < -0.39 is 0 Å². The Morgan fingerprint density at radius 1 is 0.611 bits per heavy atom. The Balaban J connectivity index is 1.46. The molecular formula is C16H28Te2. The van der Waals surface area contributed by atoms with Gasteiger partial charge in [-0.05, 0) is 0 Å². The summed E-state index contributed by atoms with van der Waals surface area (Å²) >= 11 is 0.642. The van der Waals surface area contributed by atoms with E-state index in [1.165, 1.54) is 55.4 Å². The van der Waals surface area contributed by atoms with E-state index in [-0.39, 0.29) is 0 Å². The summed E-state index contributed by atoms with van der Waals surface area (Å²) in [6, 6.07) is 0. The summed E-state index contributed by atoms with van der Waals surface area (Å²) < 4.78 is 5.38. The predicted molar refractivity (Wildman–Crippen MR) is 83.9 cm³/mol. The molecule has 0 atom stereocenters. The Kier molecular flexibility index (Phi) is 8.82. The van der Waals surface area contributed by atoms with Crippen molar-refractivity contribution in [2.75, 3.05) is 0 Å². The van der Waals surface area contributed by atoms with Crippen LogP contribution in [0.4, 0.5) is 0 Å². The van der Waals surface area contributed by atoms with Crippen LogP contribution in [0.2, 0.25) is 16.9 Å². The topological polar surface area (TPSA) is 0 Å². The normalized spacial score (nSPS) is 23.8. The van der Waals surface area contributed by atoms with E-state index >= 15 is 0 Å². The van der Waals surface area contributed by atoms with Gasteiger partial charge in [0.15, 0.2) is 0 Å². The molecule has 2 saturated carbocycles. The summed E-state index contributed by atoms with van der Waals surface area (Å²) in [5.41, 5.74) is 0. The third-order valence-corrected chi connectivity index (χ3v) is 11.7. The molecule has 18 heavy (non-hydrogen) atoms. The van der Waals surface area contributed by atoms with Gasteiger partial charge in [0, 0.05) is 0 Å². The van der Waals surface area contributed by atoms with Gasteiger partial charge in [-0.2, -0.15) is 0 Å². The van der Waals surface area contributed by atoms with Crippen molar-refractivity contribution in [1.29, 1.82) is 0 Å². The molecule has 2 aliphatic rings. The van der Waals surface area contributed by atoms with Crippen LogP contribution in [0.25, 0.3) is 0 Å². The molecule has 0 nitrogen and oxygen atoms in total. The molecule has 2 heteroatoms. The molecule has 0 bridgehead atoms. The number of hydrogen-bond donors (Lipinski definition) is 0. The maximum atomic E-state index is 2.56. The molecule has 0 unspecified atom stereocenters. The second-order valence-corrected chi connectivity index (χ2v) is 13.3. The molecule has 0 aliphatic heterocycles. The first kappa shape index (κ1) is 15.7. The maximum absolute atomic E-state index is 2.56. The molecule has 2 rings (SSSR count). The molecule has 0 radical (unpaired) electrons. The second-order valence-electron chi connectivity index (χ2n) is 5.66. The zero-order valence-electron chi connectivity index (χ0n) is 11.6. The van der Waals surface area contributed by atoms with Crippen molar-refractivity contribution in [3.05, 3.63) is 12.2 Å². The van der Waals surface area contributed by atoms with Gasteiger partial charge in [-0.1, -0.05) is 0 Å². The van der Waals surface area contributed by atoms with Gasteiger partial charge in [0.2, 0.25) is 0 Å². The van der Waals surface area contributed by atoms with Gasteiger partial charge in [-0.3, -0.25) is 0 Å². The predicted octanol–water partition coefficient (Wildman–Crippen LogP) is 5.29. The summed E-state index contributed by atoms with van der Waals surface area (Å²) in [4.78, 5) is 0. The third-order valence-electron chi connectivity index (χ3n) is 4.13. The zero-order chi connectivity index (χ0) is 12.5.